The van der Waals surface area contributed by atoms with Gasteiger partial charge in [-0.3, -0.25) is 0 Å². The number of nitrogens with two attached hydrogens (primary N) is 1. The lowest BCUT2D eigenvalue weighted by Crippen LogP contribution is -2.00. The molecule has 4 heteroatoms. The van der Waals surface area contributed by atoms with Crippen molar-refractivity contribution >= 4 is 15.9 Å². The van der Waals surface area contributed by atoms with E-state index in [4.69, 9.17) is 10.5 Å². The zero-order valence-electron chi connectivity index (χ0n) is 9.91. The maximum absolute atomic E-state index is 13.2. The lowest BCUT2D eigenvalue weighted by Gasteiger charge is -2.12. The minimum Gasteiger partial charge on any atom is -0.456 e. The quantitative estimate of drug-likeness (QED) is 0.924. The van der Waals surface area contributed by atoms with Gasteiger partial charge in [-0.15, -0.1) is 0 Å². The average molecular weight is 310 g/mol. The first kappa shape index (κ1) is 13.1. The molecular formula is C14H13BrFNO. The maximum Gasteiger partial charge on any atom is 0.144 e. The summed E-state index contributed by atoms with van der Waals surface area (Å²) in [4.78, 5) is 0. The van der Waals surface area contributed by atoms with Crippen LogP contribution < -0.4 is 10.5 Å². The molecule has 0 aliphatic rings. The van der Waals surface area contributed by atoms with Gasteiger partial charge < -0.3 is 10.5 Å². The van der Waals surface area contributed by atoms with Gasteiger partial charge in [-0.05, 0) is 46.6 Å². The monoisotopic (exact) mass is 309 g/mol. The Morgan fingerprint density at radius 2 is 1.94 bits per heavy atom. The van der Waals surface area contributed by atoms with E-state index in [-0.39, 0.29) is 5.82 Å². The van der Waals surface area contributed by atoms with E-state index >= 15 is 0 Å². The van der Waals surface area contributed by atoms with E-state index in [1.807, 2.05) is 25.1 Å². The molecule has 2 rings (SSSR count). The Morgan fingerprint density at radius 1 is 1.17 bits per heavy atom. The van der Waals surface area contributed by atoms with Gasteiger partial charge in [0, 0.05) is 18.2 Å². The molecule has 2 aromatic rings. The molecular weight excluding hydrogens is 297 g/mol. The van der Waals surface area contributed by atoms with Crippen molar-refractivity contribution in [1.82, 2.24) is 0 Å². The summed E-state index contributed by atoms with van der Waals surface area (Å²) >= 11 is 3.33. The van der Waals surface area contributed by atoms with Crippen molar-refractivity contribution in [2.75, 3.05) is 0 Å². The molecule has 0 atom stereocenters. The van der Waals surface area contributed by atoms with Crippen molar-refractivity contribution in [1.29, 1.82) is 0 Å². The second-order valence-corrected chi connectivity index (χ2v) is 4.85. The Balaban J connectivity index is 2.38. The van der Waals surface area contributed by atoms with Crippen LogP contribution in [0.15, 0.2) is 40.9 Å². The van der Waals surface area contributed by atoms with Crippen molar-refractivity contribution in [3.8, 4) is 11.5 Å². The minimum absolute atomic E-state index is 0.338. The summed E-state index contributed by atoms with van der Waals surface area (Å²) in [5.74, 6) is 0.759. The van der Waals surface area contributed by atoms with Gasteiger partial charge in [0.15, 0.2) is 0 Å². The van der Waals surface area contributed by atoms with E-state index < -0.39 is 0 Å². The van der Waals surface area contributed by atoms with Gasteiger partial charge in [-0.25, -0.2) is 4.39 Å². The predicted molar refractivity (Wildman–Crippen MR) is 73.2 cm³/mol. The van der Waals surface area contributed by atoms with Gasteiger partial charge in [-0.1, -0.05) is 12.1 Å². The highest BCUT2D eigenvalue weighted by atomic mass is 79.9. The van der Waals surface area contributed by atoms with Crippen LogP contribution in [0.25, 0.3) is 0 Å². The van der Waals surface area contributed by atoms with E-state index in [1.54, 1.807) is 6.07 Å². The van der Waals surface area contributed by atoms with Crippen LogP contribution in [-0.4, -0.2) is 0 Å². The Bertz CT molecular complexity index is 572. The molecule has 94 valence electrons. The lowest BCUT2D eigenvalue weighted by atomic mass is 10.1. The number of benzene rings is 2. The zero-order valence-corrected chi connectivity index (χ0v) is 11.5. The Labute approximate surface area is 114 Å². The molecule has 0 aromatic heterocycles. The smallest absolute Gasteiger partial charge is 0.144 e. The van der Waals surface area contributed by atoms with E-state index in [9.17, 15) is 4.39 Å². The van der Waals surface area contributed by atoms with E-state index in [0.717, 1.165) is 11.1 Å². The number of aryl methyl sites for hydroxylation is 1. The van der Waals surface area contributed by atoms with Gasteiger partial charge in [0.05, 0.1) is 4.47 Å². The molecule has 2 aromatic carbocycles. The predicted octanol–water partition coefficient (Wildman–Crippen LogP) is 4.15. The van der Waals surface area contributed by atoms with Crippen LogP contribution in [0.2, 0.25) is 0 Å². The topological polar surface area (TPSA) is 35.2 Å². The molecule has 0 heterocycles. The number of hydrogen-bond acceptors (Lipinski definition) is 2. The summed E-state index contributed by atoms with van der Waals surface area (Å²) in [6.07, 6.45) is 0. The first-order valence-electron chi connectivity index (χ1n) is 5.52. The van der Waals surface area contributed by atoms with Crippen LogP contribution >= 0.6 is 15.9 Å². The van der Waals surface area contributed by atoms with Crippen molar-refractivity contribution in [2.24, 2.45) is 5.73 Å². The molecule has 2 nitrogen and oxygen atoms in total. The van der Waals surface area contributed by atoms with Crippen molar-refractivity contribution in [3.63, 3.8) is 0 Å². The highest BCUT2D eigenvalue weighted by Crippen LogP contribution is 2.32. The van der Waals surface area contributed by atoms with Crippen LogP contribution in [0.5, 0.6) is 11.5 Å². The summed E-state index contributed by atoms with van der Waals surface area (Å²) in [5, 5.41) is 0. The first-order chi connectivity index (χ1) is 8.60. The van der Waals surface area contributed by atoms with Crippen LogP contribution in [-0.2, 0) is 6.54 Å². The largest absolute Gasteiger partial charge is 0.456 e. The maximum atomic E-state index is 13.2. The normalized spacial score (nSPS) is 10.4. The summed E-state index contributed by atoms with van der Waals surface area (Å²) in [5.41, 5.74) is 7.61. The van der Waals surface area contributed by atoms with Gasteiger partial charge in [-0.2, -0.15) is 0 Å². The number of halogens is 2. The fourth-order valence-electron chi connectivity index (χ4n) is 1.60. The SMILES string of the molecule is Cc1ccc(CN)c(Oc2cc(F)ccc2Br)c1. The summed E-state index contributed by atoms with van der Waals surface area (Å²) in [7, 11) is 0. The zero-order chi connectivity index (χ0) is 13.1. The van der Waals surface area contributed by atoms with Crippen molar-refractivity contribution < 1.29 is 9.13 Å². The molecule has 0 unspecified atom stereocenters. The molecule has 0 spiro atoms. The standard InChI is InChI=1S/C14H13BrFNO/c1-9-2-3-10(8-17)13(6-9)18-14-7-11(16)4-5-12(14)15/h2-7H,8,17H2,1H3. The van der Waals surface area contributed by atoms with E-state index in [1.165, 1.54) is 12.1 Å². The third-order valence-corrected chi connectivity index (χ3v) is 3.21. The molecule has 0 amide bonds. The van der Waals surface area contributed by atoms with Crippen LogP contribution in [0.1, 0.15) is 11.1 Å². The first-order valence-corrected chi connectivity index (χ1v) is 6.32. The molecule has 0 radical (unpaired) electrons. The van der Waals surface area contributed by atoms with E-state index in [2.05, 4.69) is 15.9 Å². The molecule has 18 heavy (non-hydrogen) atoms. The molecule has 0 fully saturated rings. The third kappa shape index (κ3) is 2.89. The molecule has 0 aliphatic heterocycles. The third-order valence-electron chi connectivity index (χ3n) is 2.56. The second-order valence-electron chi connectivity index (χ2n) is 3.99. The Hall–Kier alpha value is -1.39. The second kappa shape index (κ2) is 5.50. The van der Waals surface area contributed by atoms with Gasteiger partial charge >= 0.3 is 0 Å². The number of ether oxygens (including phenoxy) is 1. The van der Waals surface area contributed by atoms with Crippen LogP contribution in [0, 0.1) is 12.7 Å². The lowest BCUT2D eigenvalue weighted by molar-refractivity contribution is 0.467. The highest BCUT2D eigenvalue weighted by Gasteiger charge is 2.08. The molecule has 0 aliphatic carbocycles. The van der Waals surface area contributed by atoms with Crippen molar-refractivity contribution in [2.45, 2.75) is 13.5 Å². The average Bonchev–Trinajstić information content (AvgIpc) is 2.34. The highest BCUT2D eigenvalue weighted by molar-refractivity contribution is 9.10. The van der Waals surface area contributed by atoms with Gasteiger partial charge in [0.1, 0.15) is 17.3 Å². The number of hydrogen-bond donors (Lipinski definition) is 1. The fourth-order valence-corrected chi connectivity index (χ4v) is 1.93. The summed E-state index contributed by atoms with van der Waals surface area (Å²) < 4.78 is 19.6. The fraction of sp³-hybridized carbons (Fsp3) is 0.143. The minimum atomic E-state index is -0.338. The van der Waals surface area contributed by atoms with Crippen LogP contribution in [0.3, 0.4) is 0 Å². The van der Waals surface area contributed by atoms with Crippen LogP contribution in [0.4, 0.5) is 4.39 Å². The van der Waals surface area contributed by atoms with Gasteiger partial charge in [0.25, 0.3) is 0 Å². The Morgan fingerprint density at radius 3 is 2.67 bits per heavy atom. The van der Waals surface area contributed by atoms with E-state index in [0.29, 0.717) is 22.5 Å². The molecule has 0 bridgehead atoms. The van der Waals surface area contributed by atoms with Crippen molar-refractivity contribution in [3.05, 3.63) is 57.8 Å². The molecule has 0 saturated heterocycles. The molecule has 2 N–H and O–H groups in total. The number of rotatable bonds is 3. The summed E-state index contributed by atoms with van der Waals surface area (Å²) in [6.45, 7) is 2.34. The van der Waals surface area contributed by atoms with Gasteiger partial charge in [0.2, 0.25) is 0 Å². The summed E-state index contributed by atoms with van der Waals surface area (Å²) in [6, 6.07) is 10.1. The Kier molecular flexibility index (Phi) is 3.99. The molecule has 0 saturated carbocycles.